The maximum Gasteiger partial charge on any atom is 0.262 e. The maximum atomic E-state index is 12.8. The molecule has 3 heterocycles. The molecule has 0 aliphatic heterocycles. The number of aryl methyl sites for hydroxylation is 2. The molecule has 0 atom stereocenters. The predicted octanol–water partition coefficient (Wildman–Crippen LogP) is 5.03. The summed E-state index contributed by atoms with van der Waals surface area (Å²) in [6.07, 6.45) is 1.92. The minimum Gasteiger partial charge on any atom is -0.287 e. The van der Waals surface area contributed by atoms with Gasteiger partial charge in [-0.1, -0.05) is 71.9 Å². The molecular formula is C27H22N6OS. The summed E-state index contributed by atoms with van der Waals surface area (Å²) in [5.41, 5.74) is 5.10. The first-order valence-corrected chi connectivity index (χ1v) is 12.2. The molecule has 0 aliphatic carbocycles. The summed E-state index contributed by atoms with van der Waals surface area (Å²) >= 11 is 1.59. The number of imidazole rings is 1. The van der Waals surface area contributed by atoms with Crippen LogP contribution in [-0.4, -0.2) is 28.7 Å². The Bertz CT molecular complexity index is 1730. The van der Waals surface area contributed by atoms with Gasteiger partial charge in [-0.3, -0.25) is 18.3 Å². The van der Waals surface area contributed by atoms with Crippen molar-refractivity contribution < 1.29 is 0 Å². The number of aromatic nitrogens is 6. The van der Waals surface area contributed by atoms with Crippen LogP contribution in [-0.2, 0) is 12.8 Å². The fourth-order valence-corrected chi connectivity index (χ4v) is 5.21. The van der Waals surface area contributed by atoms with Crippen molar-refractivity contribution in [3.8, 4) is 16.9 Å². The van der Waals surface area contributed by atoms with Gasteiger partial charge in [-0.05, 0) is 31.2 Å². The lowest BCUT2D eigenvalue weighted by molar-refractivity contribution is 0.857. The van der Waals surface area contributed by atoms with Crippen molar-refractivity contribution >= 4 is 28.4 Å². The van der Waals surface area contributed by atoms with Crippen molar-refractivity contribution in [1.29, 1.82) is 0 Å². The zero-order valence-electron chi connectivity index (χ0n) is 19.3. The van der Waals surface area contributed by atoms with Crippen LogP contribution in [0.15, 0.2) is 95.0 Å². The number of fused-ring (bicyclic) bond motifs is 3. The van der Waals surface area contributed by atoms with E-state index in [1.165, 1.54) is 5.56 Å². The number of thioether (sulfide) groups is 1. The second-order valence-electron chi connectivity index (χ2n) is 8.38. The van der Waals surface area contributed by atoms with Gasteiger partial charge in [0.15, 0.2) is 5.16 Å². The van der Waals surface area contributed by atoms with Crippen LogP contribution in [0.25, 0.3) is 33.6 Å². The first-order chi connectivity index (χ1) is 17.1. The molecule has 0 bridgehead atoms. The third-order valence-electron chi connectivity index (χ3n) is 6.11. The van der Waals surface area contributed by atoms with Crippen LogP contribution < -0.4 is 5.56 Å². The monoisotopic (exact) mass is 478 g/mol. The van der Waals surface area contributed by atoms with Gasteiger partial charge < -0.3 is 0 Å². The highest BCUT2D eigenvalue weighted by molar-refractivity contribution is 7.98. The molecule has 6 aromatic rings. The molecule has 8 heteroatoms. The van der Waals surface area contributed by atoms with Crippen molar-refractivity contribution in [2.45, 2.75) is 17.8 Å². The van der Waals surface area contributed by atoms with Gasteiger partial charge in [0.25, 0.3) is 5.56 Å². The summed E-state index contributed by atoms with van der Waals surface area (Å²) in [4.78, 5) is 17.5. The Labute approximate surface area is 205 Å². The van der Waals surface area contributed by atoms with Gasteiger partial charge in [0.1, 0.15) is 5.82 Å². The first-order valence-electron chi connectivity index (χ1n) is 11.3. The van der Waals surface area contributed by atoms with Crippen LogP contribution in [0, 0.1) is 6.92 Å². The third kappa shape index (κ3) is 3.63. The molecule has 6 rings (SSSR count). The minimum absolute atomic E-state index is 0.0814. The van der Waals surface area contributed by atoms with E-state index in [-0.39, 0.29) is 5.56 Å². The first kappa shape index (κ1) is 21.4. The van der Waals surface area contributed by atoms with E-state index in [0.29, 0.717) is 16.9 Å². The Hall–Kier alpha value is -4.17. The van der Waals surface area contributed by atoms with E-state index in [1.54, 1.807) is 23.4 Å². The van der Waals surface area contributed by atoms with Crippen molar-refractivity contribution in [2.24, 2.45) is 7.05 Å². The van der Waals surface area contributed by atoms with E-state index in [4.69, 9.17) is 4.98 Å². The van der Waals surface area contributed by atoms with Crippen molar-refractivity contribution in [1.82, 2.24) is 28.7 Å². The summed E-state index contributed by atoms with van der Waals surface area (Å²) in [5, 5.41) is 10.3. The number of para-hydroxylation sites is 1. The van der Waals surface area contributed by atoms with E-state index in [0.717, 1.165) is 33.4 Å². The average molecular weight is 479 g/mol. The molecule has 0 unspecified atom stereocenters. The summed E-state index contributed by atoms with van der Waals surface area (Å²) in [5.74, 6) is 1.83. The molecular weight excluding hydrogens is 456 g/mol. The zero-order chi connectivity index (χ0) is 23.9. The van der Waals surface area contributed by atoms with Gasteiger partial charge in [-0.25, -0.2) is 4.98 Å². The van der Waals surface area contributed by atoms with Crippen LogP contribution in [0.5, 0.6) is 0 Å². The maximum absolute atomic E-state index is 12.8. The third-order valence-corrected chi connectivity index (χ3v) is 7.06. The summed E-state index contributed by atoms with van der Waals surface area (Å²) in [6.45, 7) is 2.08. The molecule has 35 heavy (non-hydrogen) atoms. The van der Waals surface area contributed by atoms with Gasteiger partial charge in [-0.2, -0.15) is 0 Å². The fraction of sp³-hybridized carbons (Fsp3) is 0.111. The van der Waals surface area contributed by atoms with Crippen LogP contribution >= 0.6 is 11.8 Å². The van der Waals surface area contributed by atoms with Gasteiger partial charge in [0.2, 0.25) is 5.78 Å². The van der Waals surface area contributed by atoms with Gasteiger partial charge >= 0.3 is 0 Å². The van der Waals surface area contributed by atoms with Crippen LogP contribution in [0.4, 0.5) is 0 Å². The molecule has 7 nitrogen and oxygen atoms in total. The molecule has 0 aliphatic rings. The molecule has 3 aromatic heterocycles. The number of hydrogen-bond acceptors (Lipinski definition) is 5. The highest BCUT2D eigenvalue weighted by Crippen LogP contribution is 2.31. The quantitative estimate of drug-likeness (QED) is 0.325. The van der Waals surface area contributed by atoms with Crippen LogP contribution in [0.2, 0.25) is 0 Å². The van der Waals surface area contributed by atoms with E-state index >= 15 is 0 Å². The van der Waals surface area contributed by atoms with Gasteiger partial charge in [0, 0.05) is 18.3 Å². The Kier molecular flexibility index (Phi) is 5.22. The molecule has 0 N–H and O–H groups in total. The summed E-state index contributed by atoms with van der Waals surface area (Å²) in [6, 6.07) is 26.3. The van der Waals surface area contributed by atoms with E-state index in [1.807, 2.05) is 53.1 Å². The molecule has 0 amide bonds. The average Bonchev–Trinajstić information content (AvgIpc) is 3.52. The number of benzene rings is 3. The standard InChI is InChI=1S/C27H22N6OS/c1-18-12-14-20(15-13-18)32-23(19-8-4-3-5-9-19)16-28-27(32)35-17-24-29-30-26-31(2)25(34)21-10-6-7-11-22(21)33(24)26/h3-16H,17H2,1-2H3. The molecule has 0 saturated carbocycles. The second kappa shape index (κ2) is 8.56. The van der Waals surface area contributed by atoms with E-state index in [9.17, 15) is 4.79 Å². The minimum atomic E-state index is -0.0814. The second-order valence-corrected chi connectivity index (χ2v) is 9.33. The molecule has 0 radical (unpaired) electrons. The topological polar surface area (TPSA) is 70.0 Å². The van der Waals surface area contributed by atoms with E-state index < -0.39 is 0 Å². The Balaban J connectivity index is 1.44. The van der Waals surface area contributed by atoms with Gasteiger partial charge in [-0.15, -0.1) is 10.2 Å². The summed E-state index contributed by atoms with van der Waals surface area (Å²) < 4.78 is 5.68. The van der Waals surface area contributed by atoms with Crippen molar-refractivity contribution in [2.75, 3.05) is 0 Å². The highest BCUT2D eigenvalue weighted by Gasteiger charge is 2.18. The lowest BCUT2D eigenvalue weighted by Crippen LogP contribution is -2.20. The smallest absolute Gasteiger partial charge is 0.262 e. The predicted molar refractivity (Wildman–Crippen MR) is 139 cm³/mol. The zero-order valence-corrected chi connectivity index (χ0v) is 20.1. The highest BCUT2D eigenvalue weighted by atomic mass is 32.2. The Morgan fingerprint density at radius 1 is 0.886 bits per heavy atom. The molecule has 0 saturated heterocycles. The number of hydrogen-bond donors (Lipinski definition) is 0. The lowest BCUT2D eigenvalue weighted by Gasteiger charge is -2.12. The van der Waals surface area contributed by atoms with Crippen LogP contribution in [0.1, 0.15) is 11.4 Å². The number of rotatable bonds is 5. The molecule has 0 spiro atoms. The Morgan fingerprint density at radius 3 is 2.43 bits per heavy atom. The van der Waals surface area contributed by atoms with Crippen molar-refractivity contribution in [3.05, 3.63) is 107 Å². The molecule has 0 fully saturated rings. The lowest BCUT2D eigenvalue weighted by atomic mass is 10.1. The molecule has 3 aromatic carbocycles. The number of nitrogens with zero attached hydrogens (tertiary/aromatic N) is 6. The van der Waals surface area contributed by atoms with E-state index in [2.05, 4.69) is 58.1 Å². The van der Waals surface area contributed by atoms with Crippen LogP contribution in [0.3, 0.4) is 0 Å². The Morgan fingerprint density at radius 2 is 1.63 bits per heavy atom. The molecule has 172 valence electrons. The van der Waals surface area contributed by atoms with Crippen molar-refractivity contribution in [3.63, 3.8) is 0 Å². The SMILES string of the molecule is Cc1ccc(-n2c(-c3ccccc3)cnc2SCc2nnc3n(C)c(=O)c4ccccc4n23)cc1. The summed E-state index contributed by atoms with van der Waals surface area (Å²) in [7, 11) is 1.73. The van der Waals surface area contributed by atoms with Gasteiger partial charge in [0.05, 0.1) is 28.5 Å². The largest absolute Gasteiger partial charge is 0.287 e. The fourth-order valence-electron chi connectivity index (χ4n) is 4.31. The normalized spacial score (nSPS) is 11.5.